The molecule has 0 bridgehead atoms. The topological polar surface area (TPSA) is 52.9 Å². The van der Waals surface area contributed by atoms with Crippen molar-refractivity contribution in [1.29, 1.82) is 5.26 Å². The van der Waals surface area contributed by atoms with Crippen molar-refractivity contribution in [1.82, 2.24) is 0 Å². The molecule has 2 rings (SSSR count). The van der Waals surface area contributed by atoms with E-state index in [1.807, 2.05) is 5.32 Å². The molecule has 0 aliphatic rings. The Morgan fingerprint density at radius 2 is 1.67 bits per heavy atom. The quantitative estimate of drug-likeness (QED) is 0.942. The van der Waals surface area contributed by atoms with Gasteiger partial charge in [0.25, 0.3) is 0 Å². The summed E-state index contributed by atoms with van der Waals surface area (Å²) in [5.41, 5.74) is -0.391. The molecule has 2 aromatic rings. The van der Waals surface area contributed by atoms with Crippen molar-refractivity contribution in [2.45, 2.75) is 5.92 Å². The van der Waals surface area contributed by atoms with Crippen LogP contribution in [0.1, 0.15) is 11.5 Å². The summed E-state index contributed by atoms with van der Waals surface area (Å²) in [6.45, 7) is 0. The van der Waals surface area contributed by atoms with Gasteiger partial charge in [0, 0.05) is 12.1 Å². The first kappa shape index (κ1) is 14.6. The van der Waals surface area contributed by atoms with E-state index in [2.05, 4.69) is 0 Å². The summed E-state index contributed by atoms with van der Waals surface area (Å²) in [5.74, 6) is -5.71. The molecule has 1 atom stereocenters. The molecule has 3 nitrogen and oxygen atoms in total. The molecule has 0 spiro atoms. The van der Waals surface area contributed by atoms with Gasteiger partial charge in [-0.1, -0.05) is 30.3 Å². The van der Waals surface area contributed by atoms with Crippen molar-refractivity contribution in [3.63, 3.8) is 0 Å². The number of carbonyl (C=O) groups is 1. The molecule has 2 aromatic carbocycles. The van der Waals surface area contributed by atoms with Crippen LogP contribution < -0.4 is 5.32 Å². The summed E-state index contributed by atoms with van der Waals surface area (Å²) < 4.78 is 39.7. The fourth-order valence-corrected chi connectivity index (χ4v) is 1.79. The maximum absolute atomic E-state index is 13.5. The van der Waals surface area contributed by atoms with Crippen LogP contribution in [0.4, 0.5) is 18.9 Å². The number of benzene rings is 2. The molecule has 0 heterocycles. The van der Waals surface area contributed by atoms with E-state index in [4.69, 9.17) is 5.26 Å². The number of halogens is 3. The first-order chi connectivity index (χ1) is 10.0. The summed E-state index contributed by atoms with van der Waals surface area (Å²) in [7, 11) is 0. The maximum Gasteiger partial charge on any atom is 0.246 e. The van der Waals surface area contributed by atoms with Crippen LogP contribution in [0.3, 0.4) is 0 Å². The molecule has 21 heavy (non-hydrogen) atoms. The van der Waals surface area contributed by atoms with Gasteiger partial charge < -0.3 is 5.32 Å². The number of hydrogen-bond acceptors (Lipinski definition) is 2. The highest BCUT2D eigenvalue weighted by molar-refractivity contribution is 5.97. The smallest absolute Gasteiger partial charge is 0.246 e. The van der Waals surface area contributed by atoms with E-state index in [1.54, 1.807) is 36.4 Å². The zero-order chi connectivity index (χ0) is 15.4. The Morgan fingerprint density at radius 3 is 2.19 bits per heavy atom. The summed E-state index contributed by atoms with van der Waals surface area (Å²) in [6, 6.07) is 10.7. The molecule has 1 amide bonds. The molecule has 0 radical (unpaired) electrons. The Labute approximate surface area is 118 Å². The van der Waals surface area contributed by atoms with E-state index in [1.165, 1.54) is 0 Å². The van der Waals surface area contributed by atoms with Crippen molar-refractivity contribution in [2.24, 2.45) is 0 Å². The second-order valence-electron chi connectivity index (χ2n) is 4.21. The molecular formula is C15H9F3N2O. The number of nitriles is 1. The third-order valence-electron chi connectivity index (χ3n) is 2.78. The lowest BCUT2D eigenvalue weighted by Gasteiger charge is -2.12. The van der Waals surface area contributed by atoms with Crippen molar-refractivity contribution in [3.8, 4) is 6.07 Å². The van der Waals surface area contributed by atoms with Gasteiger partial charge in [0.15, 0.2) is 17.6 Å². The number of nitrogens with zero attached hydrogens (tertiary/aromatic N) is 1. The van der Waals surface area contributed by atoms with Crippen LogP contribution in [0.15, 0.2) is 42.5 Å². The number of carbonyl (C=O) groups excluding carboxylic acids is 1. The predicted molar refractivity (Wildman–Crippen MR) is 69.7 cm³/mol. The number of nitrogens with one attached hydrogen (secondary N) is 1. The summed E-state index contributed by atoms with van der Waals surface area (Å²) in [5, 5.41) is 11.0. The normalized spacial score (nSPS) is 11.5. The molecule has 106 valence electrons. The third-order valence-corrected chi connectivity index (χ3v) is 2.78. The SMILES string of the molecule is N#CC(C(=O)Nc1c(F)cc(F)cc1F)c1ccccc1. The van der Waals surface area contributed by atoms with Crippen LogP contribution in [0, 0.1) is 28.8 Å². The predicted octanol–water partition coefficient (Wildman–Crippen LogP) is 3.35. The van der Waals surface area contributed by atoms with E-state index in [9.17, 15) is 18.0 Å². The van der Waals surface area contributed by atoms with Gasteiger partial charge in [-0.3, -0.25) is 4.79 Å². The highest BCUT2D eigenvalue weighted by Crippen LogP contribution is 2.23. The molecule has 0 aliphatic carbocycles. The van der Waals surface area contributed by atoms with Crippen molar-refractivity contribution >= 4 is 11.6 Å². The highest BCUT2D eigenvalue weighted by atomic mass is 19.1. The Hall–Kier alpha value is -2.81. The minimum absolute atomic E-state index is 0.389. The molecule has 6 heteroatoms. The van der Waals surface area contributed by atoms with Crippen molar-refractivity contribution in [2.75, 3.05) is 5.32 Å². The van der Waals surface area contributed by atoms with Gasteiger partial charge in [-0.05, 0) is 5.56 Å². The van der Waals surface area contributed by atoms with Crippen LogP contribution >= 0.6 is 0 Å². The molecule has 0 aromatic heterocycles. The summed E-state index contributed by atoms with van der Waals surface area (Å²) >= 11 is 0. The third kappa shape index (κ3) is 3.20. The Bertz CT molecular complexity index is 688. The van der Waals surface area contributed by atoms with Gasteiger partial charge >= 0.3 is 0 Å². The standard InChI is InChI=1S/C15H9F3N2O/c16-10-6-12(17)14(13(18)7-10)20-15(21)11(8-19)9-4-2-1-3-5-9/h1-7,11H,(H,20,21). The summed E-state index contributed by atoms with van der Waals surface area (Å²) in [4.78, 5) is 12.0. The zero-order valence-electron chi connectivity index (χ0n) is 10.6. The Balaban J connectivity index is 2.28. The van der Waals surface area contributed by atoms with E-state index < -0.39 is 35.0 Å². The van der Waals surface area contributed by atoms with Gasteiger partial charge in [-0.25, -0.2) is 13.2 Å². The van der Waals surface area contributed by atoms with Crippen LogP contribution in [-0.2, 0) is 4.79 Å². The maximum atomic E-state index is 13.5. The molecule has 1 unspecified atom stereocenters. The van der Waals surface area contributed by atoms with E-state index >= 15 is 0 Å². The lowest BCUT2D eigenvalue weighted by molar-refractivity contribution is -0.116. The molecule has 0 fully saturated rings. The van der Waals surface area contributed by atoms with Gasteiger partial charge in [0.2, 0.25) is 5.91 Å². The monoisotopic (exact) mass is 290 g/mol. The average Bonchev–Trinajstić information content (AvgIpc) is 2.45. The fourth-order valence-electron chi connectivity index (χ4n) is 1.79. The number of amides is 1. The summed E-state index contributed by atoms with van der Waals surface area (Å²) in [6.07, 6.45) is 0. The Kier molecular flexibility index (Phi) is 4.24. The van der Waals surface area contributed by atoms with Crippen LogP contribution in [-0.4, -0.2) is 5.91 Å². The van der Waals surface area contributed by atoms with Crippen LogP contribution in [0.5, 0.6) is 0 Å². The molecular weight excluding hydrogens is 281 g/mol. The minimum Gasteiger partial charge on any atom is -0.320 e. The van der Waals surface area contributed by atoms with Crippen LogP contribution in [0.2, 0.25) is 0 Å². The van der Waals surface area contributed by atoms with Gasteiger partial charge in [0.05, 0.1) is 6.07 Å². The van der Waals surface area contributed by atoms with Gasteiger partial charge in [0.1, 0.15) is 11.5 Å². The molecule has 0 saturated carbocycles. The first-order valence-corrected chi connectivity index (χ1v) is 5.93. The lowest BCUT2D eigenvalue weighted by Crippen LogP contribution is -2.21. The van der Waals surface area contributed by atoms with E-state index in [0.29, 0.717) is 17.7 Å². The molecule has 0 aliphatic heterocycles. The number of rotatable bonds is 3. The Morgan fingerprint density at radius 1 is 1.10 bits per heavy atom. The largest absolute Gasteiger partial charge is 0.320 e. The molecule has 1 N–H and O–H groups in total. The van der Waals surface area contributed by atoms with Gasteiger partial charge in [-0.2, -0.15) is 5.26 Å². The lowest BCUT2D eigenvalue weighted by atomic mass is 10.00. The fraction of sp³-hybridized carbons (Fsp3) is 0.0667. The van der Waals surface area contributed by atoms with Crippen molar-refractivity contribution in [3.05, 3.63) is 65.5 Å². The van der Waals surface area contributed by atoms with Gasteiger partial charge in [-0.15, -0.1) is 0 Å². The second-order valence-corrected chi connectivity index (χ2v) is 4.21. The van der Waals surface area contributed by atoms with E-state index in [-0.39, 0.29) is 0 Å². The first-order valence-electron chi connectivity index (χ1n) is 5.93. The van der Waals surface area contributed by atoms with Crippen LogP contribution in [0.25, 0.3) is 0 Å². The number of anilines is 1. The number of hydrogen-bond donors (Lipinski definition) is 1. The minimum atomic E-state index is -1.24. The van der Waals surface area contributed by atoms with Crippen molar-refractivity contribution < 1.29 is 18.0 Å². The second kappa shape index (κ2) is 6.09. The molecule has 0 saturated heterocycles. The average molecular weight is 290 g/mol. The van der Waals surface area contributed by atoms with E-state index in [0.717, 1.165) is 0 Å². The zero-order valence-corrected chi connectivity index (χ0v) is 10.6. The highest BCUT2D eigenvalue weighted by Gasteiger charge is 2.23.